The van der Waals surface area contributed by atoms with Gasteiger partial charge in [-0.3, -0.25) is 4.79 Å². The lowest BCUT2D eigenvalue weighted by Crippen LogP contribution is -2.46. The lowest BCUT2D eigenvalue weighted by Gasteiger charge is -2.23. The van der Waals surface area contributed by atoms with Crippen LogP contribution in [0, 0.1) is 6.92 Å². The van der Waals surface area contributed by atoms with E-state index in [1.807, 2.05) is 38.1 Å². The van der Waals surface area contributed by atoms with Crippen molar-refractivity contribution in [3.05, 3.63) is 35.4 Å². The summed E-state index contributed by atoms with van der Waals surface area (Å²) in [7, 11) is -3.32. The number of benzene rings is 1. The second-order valence-corrected chi connectivity index (χ2v) is 7.83. The molecule has 1 atom stereocenters. The lowest BCUT2D eigenvalue weighted by molar-refractivity contribution is -0.124. The van der Waals surface area contributed by atoms with E-state index in [0.29, 0.717) is 25.9 Å². The minimum atomic E-state index is -3.32. The second kappa shape index (κ2) is 7.24. The van der Waals surface area contributed by atoms with Crippen LogP contribution in [-0.4, -0.2) is 37.0 Å². The number of amides is 1. The summed E-state index contributed by atoms with van der Waals surface area (Å²) < 4.78 is 25.8. The highest BCUT2D eigenvalue weighted by Crippen LogP contribution is 2.22. The molecule has 1 aromatic rings. The standard InChI is InChI=1S/C16H24N2O3S/c1-3-10-22(20,21)18-9-5-8-15(18)16(19)17-12-14-7-4-6-13(2)11-14/h4,6-7,11,15H,3,5,8-10,12H2,1-2H3,(H,17,19)/t15-/m1/s1. The van der Waals surface area contributed by atoms with Crippen LogP contribution in [0.25, 0.3) is 0 Å². The first kappa shape index (κ1) is 17.0. The molecule has 1 saturated heterocycles. The Morgan fingerprint density at radius 3 is 2.86 bits per heavy atom. The van der Waals surface area contributed by atoms with Gasteiger partial charge in [0.15, 0.2) is 0 Å². The van der Waals surface area contributed by atoms with E-state index in [-0.39, 0.29) is 11.7 Å². The van der Waals surface area contributed by atoms with Crippen molar-refractivity contribution >= 4 is 15.9 Å². The minimum absolute atomic E-state index is 0.106. The Morgan fingerprint density at radius 2 is 2.18 bits per heavy atom. The number of rotatable bonds is 6. The summed E-state index contributed by atoms with van der Waals surface area (Å²) in [5, 5.41) is 2.87. The Balaban J connectivity index is 1.99. The molecule has 1 N–H and O–H groups in total. The van der Waals surface area contributed by atoms with E-state index in [0.717, 1.165) is 17.5 Å². The number of nitrogens with zero attached hydrogens (tertiary/aromatic N) is 1. The molecule has 1 fully saturated rings. The molecule has 0 saturated carbocycles. The van der Waals surface area contributed by atoms with Gasteiger partial charge in [0.25, 0.3) is 0 Å². The number of carbonyl (C=O) groups is 1. The number of hydrogen-bond acceptors (Lipinski definition) is 3. The van der Waals surface area contributed by atoms with Gasteiger partial charge in [-0.15, -0.1) is 0 Å². The van der Waals surface area contributed by atoms with E-state index in [2.05, 4.69) is 5.32 Å². The van der Waals surface area contributed by atoms with E-state index in [1.165, 1.54) is 4.31 Å². The van der Waals surface area contributed by atoms with E-state index in [1.54, 1.807) is 0 Å². The molecule has 1 heterocycles. The normalized spacial score (nSPS) is 19.3. The Bertz CT molecular complexity index is 628. The SMILES string of the molecule is CCCS(=O)(=O)N1CCC[C@@H]1C(=O)NCc1cccc(C)c1. The van der Waals surface area contributed by atoms with Crippen LogP contribution >= 0.6 is 0 Å². The fourth-order valence-electron chi connectivity index (χ4n) is 2.84. The summed E-state index contributed by atoms with van der Waals surface area (Å²) in [6.07, 6.45) is 1.91. The Labute approximate surface area is 132 Å². The molecule has 122 valence electrons. The minimum Gasteiger partial charge on any atom is -0.351 e. The Kier molecular flexibility index (Phi) is 5.58. The van der Waals surface area contributed by atoms with Gasteiger partial charge in [-0.1, -0.05) is 36.8 Å². The third-order valence-corrected chi connectivity index (χ3v) is 5.95. The summed E-state index contributed by atoms with van der Waals surface area (Å²) in [6, 6.07) is 7.36. The fourth-order valence-corrected chi connectivity index (χ4v) is 4.59. The quantitative estimate of drug-likeness (QED) is 0.868. The van der Waals surface area contributed by atoms with Crippen molar-refractivity contribution in [2.24, 2.45) is 0 Å². The third-order valence-electron chi connectivity index (χ3n) is 3.87. The maximum atomic E-state index is 12.3. The molecule has 1 aromatic carbocycles. The van der Waals surface area contributed by atoms with Crippen molar-refractivity contribution in [3.63, 3.8) is 0 Å². The van der Waals surface area contributed by atoms with Gasteiger partial charge in [-0.05, 0) is 31.7 Å². The number of aryl methyl sites for hydroxylation is 1. The predicted molar refractivity (Wildman–Crippen MR) is 86.8 cm³/mol. The van der Waals surface area contributed by atoms with Crippen LogP contribution < -0.4 is 5.32 Å². The molecule has 0 radical (unpaired) electrons. The van der Waals surface area contributed by atoms with Crippen molar-refractivity contribution in [3.8, 4) is 0 Å². The van der Waals surface area contributed by atoms with Gasteiger partial charge in [-0.25, -0.2) is 8.42 Å². The van der Waals surface area contributed by atoms with Gasteiger partial charge < -0.3 is 5.32 Å². The molecule has 0 bridgehead atoms. The highest BCUT2D eigenvalue weighted by atomic mass is 32.2. The largest absolute Gasteiger partial charge is 0.351 e. The monoisotopic (exact) mass is 324 g/mol. The molecule has 6 heteroatoms. The van der Waals surface area contributed by atoms with Crippen molar-refractivity contribution < 1.29 is 13.2 Å². The van der Waals surface area contributed by atoms with Gasteiger partial charge in [-0.2, -0.15) is 4.31 Å². The first-order chi connectivity index (χ1) is 10.4. The highest BCUT2D eigenvalue weighted by molar-refractivity contribution is 7.89. The highest BCUT2D eigenvalue weighted by Gasteiger charge is 2.37. The van der Waals surface area contributed by atoms with Crippen molar-refractivity contribution in [2.75, 3.05) is 12.3 Å². The van der Waals surface area contributed by atoms with Crippen LogP contribution in [0.3, 0.4) is 0 Å². The van der Waals surface area contributed by atoms with Gasteiger partial charge in [0.2, 0.25) is 15.9 Å². The van der Waals surface area contributed by atoms with E-state index in [9.17, 15) is 13.2 Å². The summed E-state index contributed by atoms with van der Waals surface area (Å²) in [5.74, 6) is -0.0898. The van der Waals surface area contributed by atoms with Crippen molar-refractivity contribution in [2.45, 2.75) is 45.7 Å². The number of sulfonamides is 1. The zero-order valence-corrected chi connectivity index (χ0v) is 14.0. The molecule has 1 amide bonds. The molecule has 0 aromatic heterocycles. The predicted octanol–water partition coefficient (Wildman–Crippen LogP) is 1.82. The first-order valence-electron chi connectivity index (χ1n) is 7.77. The summed E-state index contributed by atoms with van der Waals surface area (Å²) in [4.78, 5) is 12.3. The molecule has 22 heavy (non-hydrogen) atoms. The molecule has 5 nitrogen and oxygen atoms in total. The first-order valence-corrected chi connectivity index (χ1v) is 9.37. The van der Waals surface area contributed by atoms with E-state index >= 15 is 0 Å². The maximum Gasteiger partial charge on any atom is 0.238 e. The van der Waals surface area contributed by atoms with Crippen LogP contribution in [0.15, 0.2) is 24.3 Å². The zero-order valence-electron chi connectivity index (χ0n) is 13.2. The van der Waals surface area contributed by atoms with Crippen molar-refractivity contribution in [1.29, 1.82) is 0 Å². The van der Waals surface area contributed by atoms with Gasteiger partial charge in [0.1, 0.15) is 6.04 Å². The smallest absolute Gasteiger partial charge is 0.238 e. The molecule has 0 aliphatic carbocycles. The van der Waals surface area contributed by atoms with Crippen LogP contribution in [-0.2, 0) is 21.4 Å². The van der Waals surface area contributed by atoms with Crippen LogP contribution in [0.5, 0.6) is 0 Å². The Morgan fingerprint density at radius 1 is 1.41 bits per heavy atom. The van der Waals surface area contributed by atoms with Crippen molar-refractivity contribution in [1.82, 2.24) is 9.62 Å². The molecule has 2 rings (SSSR count). The topological polar surface area (TPSA) is 66.5 Å². The molecular weight excluding hydrogens is 300 g/mol. The van der Waals surface area contributed by atoms with E-state index in [4.69, 9.17) is 0 Å². The molecule has 1 aliphatic rings. The van der Waals surface area contributed by atoms with Gasteiger partial charge in [0, 0.05) is 13.1 Å². The second-order valence-electron chi connectivity index (χ2n) is 5.79. The average Bonchev–Trinajstić information content (AvgIpc) is 2.95. The fraction of sp³-hybridized carbons (Fsp3) is 0.562. The zero-order chi connectivity index (χ0) is 16.2. The lowest BCUT2D eigenvalue weighted by atomic mass is 10.1. The average molecular weight is 324 g/mol. The van der Waals surface area contributed by atoms with Gasteiger partial charge >= 0.3 is 0 Å². The summed E-state index contributed by atoms with van der Waals surface area (Å²) in [5.41, 5.74) is 2.16. The van der Waals surface area contributed by atoms with Crippen LogP contribution in [0.1, 0.15) is 37.3 Å². The third kappa shape index (κ3) is 4.08. The number of nitrogens with one attached hydrogen (secondary N) is 1. The van der Waals surface area contributed by atoms with Crippen LogP contribution in [0.4, 0.5) is 0 Å². The molecule has 0 unspecified atom stereocenters. The number of hydrogen-bond donors (Lipinski definition) is 1. The maximum absolute atomic E-state index is 12.3. The van der Waals surface area contributed by atoms with Crippen LogP contribution in [0.2, 0.25) is 0 Å². The summed E-state index contributed by atoms with van der Waals surface area (Å²) in [6.45, 7) is 4.71. The van der Waals surface area contributed by atoms with Gasteiger partial charge in [0.05, 0.1) is 5.75 Å². The summed E-state index contributed by atoms with van der Waals surface area (Å²) >= 11 is 0. The molecule has 1 aliphatic heterocycles. The van der Waals surface area contributed by atoms with E-state index < -0.39 is 16.1 Å². The number of carbonyl (C=O) groups excluding carboxylic acids is 1. The molecular formula is C16H24N2O3S. The molecule has 0 spiro atoms. The Hall–Kier alpha value is -1.40.